The van der Waals surface area contributed by atoms with Gasteiger partial charge in [-0.3, -0.25) is 9.69 Å². The van der Waals surface area contributed by atoms with Crippen LogP contribution in [-0.2, 0) is 6.54 Å². The van der Waals surface area contributed by atoms with E-state index in [1.807, 2.05) is 43.3 Å². The second-order valence-electron chi connectivity index (χ2n) is 6.41. The molecular weight excluding hydrogens is 358 g/mol. The van der Waals surface area contributed by atoms with E-state index >= 15 is 0 Å². The first-order valence-electron chi connectivity index (χ1n) is 8.90. The molecule has 0 unspecified atom stereocenters. The van der Waals surface area contributed by atoms with Gasteiger partial charge in [-0.2, -0.15) is 4.68 Å². The molecule has 1 aliphatic rings. The maximum absolute atomic E-state index is 12.6. The minimum atomic E-state index is -0.261. The minimum absolute atomic E-state index is 0.150. The number of amides is 3. The van der Waals surface area contributed by atoms with E-state index < -0.39 is 0 Å². The number of nitrogens with one attached hydrogen (secondary N) is 2. The molecule has 2 heterocycles. The minimum Gasteiger partial charge on any atom is -0.345 e. The summed E-state index contributed by atoms with van der Waals surface area (Å²) in [6.45, 7) is 3.26. The Bertz CT molecular complexity index is 1020. The number of hydrogen-bond donors (Lipinski definition) is 2. The SMILES string of the molecule is Cc1ccc(C(=O)NCc2nnnn2-c2ccccc2)cc1N1CCNC1=O. The molecule has 142 valence electrons. The van der Waals surface area contributed by atoms with Crippen LogP contribution in [0.1, 0.15) is 21.7 Å². The summed E-state index contributed by atoms with van der Waals surface area (Å²) in [7, 11) is 0. The summed E-state index contributed by atoms with van der Waals surface area (Å²) in [4.78, 5) is 26.2. The highest BCUT2D eigenvalue weighted by molar-refractivity contribution is 5.99. The lowest BCUT2D eigenvalue weighted by atomic mass is 10.1. The predicted octanol–water partition coefficient (Wildman–Crippen LogP) is 1.43. The van der Waals surface area contributed by atoms with Gasteiger partial charge in [-0.15, -0.1) is 5.10 Å². The van der Waals surface area contributed by atoms with Gasteiger partial charge in [0.1, 0.15) is 0 Å². The normalized spacial score (nSPS) is 13.5. The van der Waals surface area contributed by atoms with Crippen molar-refractivity contribution in [3.05, 3.63) is 65.5 Å². The summed E-state index contributed by atoms with van der Waals surface area (Å²) < 4.78 is 1.58. The molecule has 2 N–H and O–H groups in total. The first-order chi connectivity index (χ1) is 13.6. The zero-order valence-corrected chi connectivity index (χ0v) is 15.3. The molecule has 9 nitrogen and oxygen atoms in total. The number of rotatable bonds is 5. The summed E-state index contributed by atoms with van der Waals surface area (Å²) in [6.07, 6.45) is 0. The number of aromatic nitrogens is 4. The zero-order valence-electron chi connectivity index (χ0n) is 15.3. The molecule has 0 radical (unpaired) electrons. The van der Waals surface area contributed by atoms with Crippen LogP contribution < -0.4 is 15.5 Å². The predicted molar refractivity (Wildman–Crippen MR) is 102 cm³/mol. The molecule has 2 aromatic carbocycles. The Morgan fingerprint density at radius 3 is 2.79 bits per heavy atom. The Hall–Kier alpha value is -3.75. The van der Waals surface area contributed by atoms with Gasteiger partial charge in [0.15, 0.2) is 5.82 Å². The van der Waals surface area contributed by atoms with E-state index in [1.165, 1.54) is 0 Å². The first kappa shape index (κ1) is 17.7. The maximum atomic E-state index is 12.6. The number of carbonyl (C=O) groups excluding carboxylic acids is 2. The third-order valence-corrected chi connectivity index (χ3v) is 4.56. The monoisotopic (exact) mass is 377 g/mol. The van der Waals surface area contributed by atoms with Gasteiger partial charge >= 0.3 is 6.03 Å². The van der Waals surface area contributed by atoms with Crippen LogP contribution in [0.3, 0.4) is 0 Å². The summed E-state index contributed by atoms with van der Waals surface area (Å²) in [5.74, 6) is 0.259. The number of carbonyl (C=O) groups is 2. The molecule has 3 aromatic rings. The van der Waals surface area contributed by atoms with Crippen molar-refractivity contribution in [3.8, 4) is 5.69 Å². The Morgan fingerprint density at radius 1 is 1.21 bits per heavy atom. The van der Waals surface area contributed by atoms with Gasteiger partial charge < -0.3 is 10.6 Å². The lowest BCUT2D eigenvalue weighted by molar-refractivity contribution is 0.0949. The van der Waals surface area contributed by atoms with Gasteiger partial charge in [-0.1, -0.05) is 24.3 Å². The van der Waals surface area contributed by atoms with Crippen molar-refractivity contribution in [1.82, 2.24) is 30.8 Å². The Kier molecular flexibility index (Phi) is 4.71. The van der Waals surface area contributed by atoms with Crippen molar-refractivity contribution < 1.29 is 9.59 Å². The molecule has 0 aliphatic carbocycles. The van der Waals surface area contributed by atoms with Crippen molar-refractivity contribution in [1.29, 1.82) is 0 Å². The molecular formula is C19H19N7O2. The largest absolute Gasteiger partial charge is 0.345 e. The van der Waals surface area contributed by atoms with Gasteiger partial charge in [-0.25, -0.2) is 4.79 Å². The highest BCUT2D eigenvalue weighted by Crippen LogP contribution is 2.23. The average molecular weight is 377 g/mol. The number of benzene rings is 2. The van der Waals surface area contributed by atoms with Crippen molar-refractivity contribution in [3.63, 3.8) is 0 Å². The van der Waals surface area contributed by atoms with Crippen LogP contribution in [0.25, 0.3) is 5.69 Å². The summed E-state index contributed by atoms with van der Waals surface area (Å²) in [6, 6.07) is 14.6. The van der Waals surface area contributed by atoms with E-state index in [1.54, 1.807) is 21.7 Å². The van der Waals surface area contributed by atoms with Crippen LogP contribution in [0, 0.1) is 6.92 Å². The smallest absolute Gasteiger partial charge is 0.322 e. The van der Waals surface area contributed by atoms with E-state index in [4.69, 9.17) is 0 Å². The highest BCUT2D eigenvalue weighted by atomic mass is 16.2. The van der Waals surface area contributed by atoms with Crippen LogP contribution >= 0.6 is 0 Å². The topological polar surface area (TPSA) is 105 Å². The lowest BCUT2D eigenvalue weighted by Crippen LogP contribution is -2.29. The van der Waals surface area contributed by atoms with Crippen LogP contribution in [0.2, 0.25) is 0 Å². The molecule has 0 atom stereocenters. The lowest BCUT2D eigenvalue weighted by Gasteiger charge is -2.18. The van der Waals surface area contributed by atoms with E-state index in [0.717, 1.165) is 16.9 Å². The molecule has 1 aromatic heterocycles. The van der Waals surface area contributed by atoms with Gasteiger partial charge in [0, 0.05) is 24.3 Å². The molecule has 1 aliphatic heterocycles. The summed E-state index contributed by atoms with van der Waals surface area (Å²) in [5, 5.41) is 17.3. The molecule has 4 rings (SSSR count). The number of hydrogen-bond acceptors (Lipinski definition) is 5. The summed E-state index contributed by atoms with van der Waals surface area (Å²) in [5.41, 5.74) is 2.95. The Labute approximate surface area is 161 Å². The molecule has 0 spiro atoms. The third-order valence-electron chi connectivity index (χ3n) is 4.56. The van der Waals surface area contributed by atoms with E-state index in [9.17, 15) is 9.59 Å². The number of urea groups is 1. The number of anilines is 1. The van der Waals surface area contributed by atoms with E-state index in [0.29, 0.717) is 24.5 Å². The highest BCUT2D eigenvalue weighted by Gasteiger charge is 2.23. The van der Waals surface area contributed by atoms with Crippen molar-refractivity contribution in [2.24, 2.45) is 0 Å². The standard InChI is InChI=1S/C19H19N7O2/c1-13-7-8-14(11-16(13)25-10-9-20-19(25)28)18(27)21-12-17-22-23-24-26(17)15-5-3-2-4-6-15/h2-8,11H,9-10,12H2,1H3,(H,20,28)(H,21,27). The molecule has 3 amide bonds. The number of nitrogens with zero attached hydrogens (tertiary/aromatic N) is 5. The molecule has 9 heteroatoms. The molecule has 1 fully saturated rings. The van der Waals surface area contributed by atoms with Gasteiger partial charge in [0.2, 0.25) is 0 Å². The van der Waals surface area contributed by atoms with Crippen LogP contribution in [0.5, 0.6) is 0 Å². The van der Waals surface area contributed by atoms with Crippen molar-refractivity contribution >= 4 is 17.6 Å². The van der Waals surface area contributed by atoms with Gasteiger partial charge in [-0.05, 0) is 47.2 Å². The Balaban J connectivity index is 1.50. The first-order valence-corrected chi connectivity index (χ1v) is 8.90. The van der Waals surface area contributed by atoms with Gasteiger partial charge in [0.05, 0.1) is 12.2 Å². The van der Waals surface area contributed by atoms with Crippen LogP contribution in [-0.4, -0.2) is 45.2 Å². The summed E-state index contributed by atoms with van der Waals surface area (Å²) >= 11 is 0. The molecule has 1 saturated heterocycles. The average Bonchev–Trinajstić information content (AvgIpc) is 3.36. The number of tetrazole rings is 1. The number of para-hydroxylation sites is 1. The van der Waals surface area contributed by atoms with Gasteiger partial charge in [0.25, 0.3) is 5.91 Å². The molecule has 28 heavy (non-hydrogen) atoms. The van der Waals surface area contributed by atoms with Crippen molar-refractivity contribution in [2.75, 3.05) is 18.0 Å². The third kappa shape index (κ3) is 3.41. The zero-order chi connectivity index (χ0) is 19.5. The molecule has 0 bridgehead atoms. The quantitative estimate of drug-likeness (QED) is 0.700. The fraction of sp³-hybridized carbons (Fsp3) is 0.211. The van der Waals surface area contributed by atoms with E-state index in [2.05, 4.69) is 26.2 Å². The van der Waals surface area contributed by atoms with E-state index in [-0.39, 0.29) is 18.5 Å². The maximum Gasteiger partial charge on any atom is 0.322 e. The number of aryl methyl sites for hydroxylation is 1. The fourth-order valence-corrected chi connectivity index (χ4v) is 3.09. The second-order valence-corrected chi connectivity index (χ2v) is 6.41. The second kappa shape index (κ2) is 7.47. The van der Waals surface area contributed by atoms with Crippen molar-refractivity contribution in [2.45, 2.75) is 13.5 Å². The van der Waals surface area contributed by atoms with Crippen LogP contribution in [0.15, 0.2) is 48.5 Å². The Morgan fingerprint density at radius 2 is 2.04 bits per heavy atom. The van der Waals surface area contributed by atoms with Crippen LogP contribution in [0.4, 0.5) is 10.5 Å². The molecule has 0 saturated carbocycles. The fourth-order valence-electron chi connectivity index (χ4n) is 3.09.